The average Bonchev–Trinajstić information content (AvgIpc) is 2.81. The fraction of sp³-hybridized carbons (Fsp3) is 0.692. The van der Waals surface area contributed by atoms with E-state index in [0.29, 0.717) is 12.3 Å². The minimum Gasteiger partial charge on any atom is -0.315 e. The number of thiophene rings is 1. The normalized spacial score (nSPS) is 11.8. The minimum absolute atomic E-state index is 0.264. The molecule has 0 amide bonds. The molecule has 0 atom stereocenters. The van der Waals surface area contributed by atoms with Crippen molar-refractivity contribution in [2.24, 2.45) is 0 Å². The molecule has 0 aliphatic carbocycles. The van der Waals surface area contributed by atoms with Gasteiger partial charge in [-0.05, 0) is 41.8 Å². The fourth-order valence-electron chi connectivity index (χ4n) is 1.69. The largest absolute Gasteiger partial charge is 0.315 e. The van der Waals surface area contributed by atoms with Gasteiger partial charge in [0.15, 0.2) is 9.84 Å². The van der Waals surface area contributed by atoms with Crippen molar-refractivity contribution in [2.45, 2.75) is 32.6 Å². The number of sulfone groups is 1. The van der Waals surface area contributed by atoms with Crippen LogP contribution in [0.3, 0.4) is 0 Å². The van der Waals surface area contributed by atoms with Crippen LogP contribution in [0.1, 0.15) is 31.7 Å². The lowest BCUT2D eigenvalue weighted by Crippen LogP contribution is -2.26. The molecule has 1 heterocycles. The highest BCUT2D eigenvalue weighted by molar-refractivity contribution is 7.91. The first-order valence-corrected chi connectivity index (χ1v) is 9.32. The van der Waals surface area contributed by atoms with Crippen LogP contribution in [0.2, 0.25) is 0 Å². The van der Waals surface area contributed by atoms with E-state index >= 15 is 0 Å². The Kier molecular flexibility index (Phi) is 7.54. The van der Waals surface area contributed by atoms with E-state index in [2.05, 4.69) is 29.1 Å². The molecular formula is C13H23NO2S2. The zero-order chi connectivity index (χ0) is 13.3. The second-order valence-electron chi connectivity index (χ2n) is 4.49. The summed E-state index contributed by atoms with van der Waals surface area (Å²) in [6, 6.07) is 2.10. The second kappa shape index (κ2) is 8.67. The molecule has 0 aromatic carbocycles. The lowest BCUT2D eigenvalue weighted by molar-refractivity contribution is 0.586. The summed E-state index contributed by atoms with van der Waals surface area (Å²) in [6.07, 6.45) is 3.84. The van der Waals surface area contributed by atoms with Crippen molar-refractivity contribution in [1.29, 1.82) is 0 Å². The topological polar surface area (TPSA) is 46.2 Å². The first-order chi connectivity index (χ1) is 8.64. The third-order valence-electron chi connectivity index (χ3n) is 2.82. The van der Waals surface area contributed by atoms with Gasteiger partial charge in [-0.1, -0.05) is 19.8 Å². The summed E-state index contributed by atoms with van der Waals surface area (Å²) in [5.74, 6) is 0.605. The Morgan fingerprint density at radius 1 is 1.22 bits per heavy atom. The molecule has 5 heteroatoms. The van der Waals surface area contributed by atoms with Gasteiger partial charge >= 0.3 is 0 Å². The van der Waals surface area contributed by atoms with Gasteiger partial charge in [0.05, 0.1) is 11.5 Å². The fourth-order valence-corrected chi connectivity index (χ4v) is 3.70. The second-order valence-corrected chi connectivity index (χ2v) is 7.57. The lowest BCUT2D eigenvalue weighted by atomic mass is 10.2. The van der Waals surface area contributed by atoms with E-state index < -0.39 is 9.84 Å². The number of hydrogen-bond acceptors (Lipinski definition) is 4. The molecule has 0 aliphatic heterocycles. The van der Waals surface area contributed by atoms with Gasteiger partial charge in [0.25, 0.3) is 0 Å². The zero-order valence-corrected chi connectivity index (χ0v) is 12.7. The Morgan fingerprint density at radius 3 is 2.72 bits per heavy atom. The standard InChI is InChI=1S/C13H23NO2S2/c1-2-3-4-10-18(15,16)11-8-14-7-5-13-6-9-17-12-13/h6,9,12,14H,2-5,7-8,10-11H2,1H3. The van der Waals surface area contributed by atoms with Crippen molar-refractivity contribution in [1.82, 2.24) is 5.32 Å². The Bertz CT molecular complexity index is 399. The van der Waals surface area contributed by atoms with Crippen LogP contribution in [0.5, 0.6) is 0 Å². The molecule has 18 heavy (non-hydrogen) atoms. The summed E-state index contributed by atoms with van der Waals surface area (Å²) in [6.45, 7) is 3.50. The lowest BCUT2D eigenvalue weighted by Gasteiger charge is -2.05. The quantitative estimate of drug-likeness (QED) is 0.673. The molecule has 0 unspecified atom stereocenters. The van der Waals surface area contributed by atoms with Crippen LogP contribution in [0.4, 0.5) is 0 Å². The van der Waals surface area contributed by atoms with Crippen molar-refractivity contribution < 1.29 is 8.42 Å². The van der Waals surface area contributed by atoms with Crippen LogP contribution in [0.15, 0.2) is 16.8 Å². The third-order valence-corrected chi connectivity index (χ3v) is 5.29. The van der Waals surface area contributed by atoms with E-state index in [1.807, 2.05) is 0 Å². The van der Waals surface area contributed by atoms with E-state index in [1.54, 1.807) is 11.3 Å². The van der Waals surface area contributed by atoms with Crippen LogP contribution in [-0.4, -0.2) is 33.0 Å². The van der Waals surface area contributed by atoms with E-state index in [1.165, 1.54) is 5.56 Å². The molecule has 104 valence electrons. The van der Waals surface area contributed by atoms with Gasteiger partial charge in [0, 0.05) is 6.54 Å². The van der Waals surface area contributed by atoms with Gasteiger partial charge in [-0.25, -0.2) is 8.42 Å². The molecule has 0 aliphatic rings. The number of unbranched alkanes of at least 4 members (excludes halogenated alkanes) is 2. The van der Waals surface area contributed by atoms with Gasteiger partial charge in [-0.2, -0.15) is 11.3 Å². The van der Waals surface area contributed by atoms with Crippen molar-refractivity contribution in [3.8, 4) is 0 Å². The monoisotopic (exact) mass is 289 g/mol. The average molecular weight is 289 g/mol. The predicted octanol–water partition coefficient (Wildman–Crippen LogP) is 2.49. The van der Waals surface area contributed by atoms with E-state index in [0.717, 1.165) is 32.2 Å². The summed E-state index contributed by atoms with van der Waals surface area (Å²) < 4.78 is 23.3. The maximum Gasteiger partial charge on any atom is 0.151 e. The highest BCUT2D eigenvalue weighted by Crippen LogP contribution is 2.05. The Morgan fingerprint density at radius 2 is 2.06 bits per heavy atom. The van der Waals surface area contributed by atoms with Gasteiger partial charge in [0.2, 0.25) is 0 Å². The molecule has 0 radical (unpaired) electrons. The SMILES string of the molecule is CCCCCS(=O)(=O)CCNCCc1ccsc1. The number of rotatable bonds is 10. The van der Waals surface area contributed by atoms with Crippen molar-refractivity contribution >= 4 is 21.2 Å². The smallest absolute Gasteiger partial charge is 0.151 e. The first-order valence-electron chi connectivity index (χ1n) is 6.56. The summed E-state index contributed by atoms with van der Waals surface area (Å²) in [5.41, 5.74) is 1.32. The summed E-state index contributed by atoms with van der Waals surface area (Å²) in [5, 5.41) is 7.39. The van der Waals surface area contributed by atoms with Gasteiger partial charge in [-0.3, -0.25) is 0 Å². The maximum atomic E-state index is 11.7. The Hall–Kier alpha value is -0.390. The first kappa shape index (κ1) is 15.7. The van der Waals surface area contributed by atoms with Crippen LogP contribution < -0.4 is 5.32 Å². The van der Waals surface area contributed by atoms with Crippen LogP contribution >= 0.6 is 11.3 Å². The summed E-state index contributed by atoms with van der Waals surface area (Å²) in [7, 11) is -2.85. The molecule has 0 spiro atoms. The highest BCUT2D eigenvalue weighted by Gasteiger charge is 2.09. The van der Waals surface area contributed by atoms with Crippen molar-refractivity contribution in [3.63, 3.8) is 0 Å². The van der Waals surface area contributed by atoms with E-state index in [4.69, 9.17) is 0 Å². The summed E-state index contributed by atoms with van der Waals surface area (Å²) in [4.78, 5) is 0. The molecule has 0 bridgehead atoms. The maximum absolute atomic E-state index is 11.7. The zero-order valence-electron chi connectivity index (χ0n) is 11.0. The van der Waals surface area contributed by atoms with E-state index in [9.17, 15) is 8.42 Å². The summed E-state index contributed by atoms with van der Waals surface area (Å²) >= 11 is 1.70. The number of nitrogens with one attached hydrogen (secondary N) is 1. The molecule has 1 rings (SSSR count). The molecule has 3 nitrogen and oxygen atoms in total. The van der Waals surface area contributed by atoms with Crippen LogP contribution in [-0.2, 0) is 16.3 Å². The van der Waals surface area contributed by atoms with E-state index in [-0.39, 0.29) is 5.75 Å². The Balaban J connectivity index is 2.06. The van der Waals surface area contributed by atoms with Crippen molar-refractivity contribution in [3.05, 3.63) is 22.4 Å². The third kappa shape index (κ3) is 7.13. The molecular weight excluding hydrogens is 266 g/mol. The molecule has 1 aromatic heterocycles. The highest BCUT2D eigenvalue weighted by atomic mass is 32.2. The molecule has 0 fully saturated rings. The van der Waals surface area contributed by atoms with Crippen LogP contribution in [0, 0.1) is 0 Å². The molecule has 1 N–H and O–H groups in total. The molecule has 1 aromatic rings. The van der Waals surface area contributed by atoms with Crippen LogP contribution in [0.25, 0.3) is 0 Å². The minimum atomic E-state index is -2.85. The van der Waals surface area contributed by atoms with Crippen molar-refractivity contribution in [2.75, 3.05) is 24.6 Å². The predicted molar refractivity (Wildman–Crippen MR) is 79.1 cm³/mol. The Labute approximate surface area is 115 Å². The molecule has 0 saturated heterocycles. The van der Waals surface area contributed by atoms with Gasteiger partial charge in [-0.15, -0.1) is 0 Å². The molecule has 0 saturated carbocycles. The van der Waals surface area contributed by atoms with Gasteiger partial charge in [0.1, 0.15) is 0 Å². The number of hydrogen-bond donors (Lipinski definition) is 1. The van der Waals surface area contributed by atoms with Gasteiger partial charge < -0.3 is 5.32 Å².